The molecule has 0 aliphatic rings. The fraction of sp³-hybridized carbons (Fsp3) is 0.462. The van der Waals surface area contributed by atoms with Gasteiger partial charge in [0.15, 0.2) is 0 Å². The Kier molecular flexibility index (Phi) is 6.01. The van der Waals surface area contributed by atoms with E-state index in [9.17, 15) is 4.79 Å². The molecule has 0 bridgehead atoms. The molecular formula is C13H19ClN2O. The molecule has 1 amide bonds. The van der Waals surface area contributed by atoms with Crippen LogP contribution >= 0.6 is 11.6 Å². The number of amides is 1. The molecule has 0 saturated carbocycles. The van der Waals surface area contributed by atoms with Crippen molar-refractivity contribution < 1.29 is 4.79 Å². The molecule has 0 unspecified atom stereocenters. The van der Waals surface area contributed by atoms with Crippen molar-refractivity contribution in [2.75, 3.05) is 18.4 Å². The van der Waals surface area contributed by atoms with Crippen molar-refractivity contribution in [2.24, 2.45) is 5.92 Å². The minimum Gasteiger partial charge on any atom is -0.325 e. The number of benzene rings is 1. The Bertz CT molecular complexity index is 366. The summed E-state index contributed by atoms with van der Waals surface area (Å²) in [6, 6.07) is 7.23. The topological polar surface area (TPSA) is 41.1 Å². The van der Waals surface area contributed by atoms with Crippen molar-refractivity contribution in [1.82, 2.24) is 5.32 Å². The Hall–Kier alpha value is -1.06. The summed E-state index contributed by atoms with van der Waals surface area (Å²) in [7, 11) is 0. The van der Waals surface area contributed by atoms with E-state index >= 15 is 0 Å². The lowest BCUT2D eigenvalue weighted by atomic mass is 10.2. The van der Waals surface area contributed by atoms with Crippen LogP contribution in [0.1, 0.15) is 20.3 Å². The Morgan fingerprint density at radius 2 is 2.06 bits per heavy atom. The molecule has 0 radical (unpaired) electrons. The maximum absolute atomic E-state index is 11.6. The van der Waals surface area contributed by atoms with Gasteiger partial charge in [-0.15, -0.1) is 0 Å². The van der Waals surface area contributed by atoms with Gasteiger partial charge in [-0.05, 0) is 24.6 Å². The molecule has 0 spiro atoms. The van der Waals surface area contributed by atoms with E-state index in [0.29, 0.717) is 29.6 Å². The average Bonchev–Trinajstić information content (AvgIpc) is 2.27. The number of rotatable bonds is 6. The van der Waals surface area contributed by atoms with E-state index in [-0.39, 0.29) is 5.91 Å². The first kappa shape index (κ1) is 14.0. The number of nitrogens with one attached hydrogen (secondary N) is 2. The second kappa shape index (κ2) is 7.30. The lowest BCUT2D eigenvalue weighted by molar-refractivity contribution is -0.116. The molecule has 0 aliphatic carbocycles. The second-order valence-corrected chi connectivity index (χ2v) is 4.78. The largest absolute Gasteiger partial charge is 0.325 e. The van der Waals surface area contributed by atoms with E-state index in [4.69, 9.17) is 11.6 Å². The smallest absolute Gasteiger partial charge is 0.225 e. The van der Waals surface area contributed by atoms with Crippen molar-refractivity contribution in [3.05, 3.63) is 29.3 Å². The molecule has 0 saturated heterocycles. The van der Waals surface area contributed by atoms with Crippen LogP contribution in [0.25, 0.3) is 0 Å². The van der Waals surface area contributed by atoms with E-state index in [1.807, 2.05) is 12.1 Å². The van der Waals surface area contributed by atoms with Gasteiger partial charge in [0, 0.05) is 13.0 Å². The maximum Gasteiger partial charge on any atom is 0.225 e. The minimum absolute atomic E-state index is 0.0191. The van der Waals surface area contributed by atoms with Gasteiger partial charge in [0.1, 0.15) is 0 Å². The number of hydrogen-bond acceptors (Lipinski definition) is 2. The molecule has 1 rings (SSSR count). The standard InChI is InChI=1S/C13H19ClN2O/c1-10(2)9-15-8-7-13(17)16-12-6-4-3-5-11(12)14/h3-6,10,15H,7-9H2,1-2H3,(H,16,17). The highest BCUT2D eigenvalue weighted by Gasteiger charge is 2.04. The van der Waals surface area contributed by atoms with Gasteiger partial charge in [-0.3, -0.25) is 4.79 Å². The molecule has 0 atom stereocenters. The second-order valence-electron chi connectivity index (χ2n) is 4.38. The molecule has 0 aliphatic heterocycles. The summed E-state index contributed by atoms with van der Waals surface area (Å²) >= 11 is 5.94. The minimum atomic E-state index is -0.0191. The van der Waals surface area contributed by atoms with Crippen molar-refractivity contribution in [2.45, 2.75) is 20.3 Å². The zero-order valence-electron chi connectivity index (χ0n) is 10.3. The van der Waals surface area contributed by atoms with E-state index < -0.39 is 0 Å². The highest BCUT2D eigenvalue weighted by atomic mass is 35.5. The number of para-hydroxylation sites is 1. The maximum atomic E-state index is 11.6. The lowest BCUT2D eigenvalue weighted by Crippen LogP contribution is -2.25. The Morgan fingerprint density at radius 3 is 2.71 bits per heavy atom. The van der Waals surface area contributed by atoms with Crippen molar-refractivity contribution >= 4 is 23.2 Å². The third-order valence-corrected chi connectivity index (χ3v) is 2.56. The summed E-state index contributed by atoms with van der Waals surface area (Å²) < 4.78 is 0. The first-order chi connectivity index (χ1) is 8.09. The zero-order valence-corrected chi connectivity index (χ0v) is 11.1. The Morgan fingerprint density at radius 1 is 1.35 bits per heavy atom. The zero-order chi connectivity index (χ0) is 12.7. The van der Waals surface area contributed by atoms with Gasteiger partial charge < -0.3 is 10.6 Å². The summed E-state index contributed by atoms with van der Waals surface area (Å²) in [5.41, 5.74) is 0.669. The molecule has 2 N–H and O–H groups in total. The summed E-state index contributed by atoms with van der Waals surface area (Å²) in [5.74, 6) is 0.580. The van der Waals surface area contributed by atoms with E-state index in [1.54, 1.807) is 12.1 Å². The third kappa shape index (κ3) is 5.71. The lowest BCUT2D eigenvalue weighted by Gasteiger charge is -2.08. The molecule has 17 heavy (non-hydrogen) atoms. The van der Waals surface area contributed by atoms with Crippen LogP contribution in [0.15, 0.2) is 24.3 Å². The first-order valence-electron chi connectivity index (χ1n) is 5.84. The summed E-state index contributed by atoms with van der Waals surface area (Å²) in [5, 5.41) is 6.58. The quantitative estimate of drug-likeness (QED) is 0.767. The van der Waals surface area contributed by atoms with Crippen LogP contribution < -0.4 is 10.6 Å². The normalized spacial score (nSPS) is 10.6. The highest BCUT2D eigenvalue weighted by Crippen LogP contribution is 2.20. The fourth-order valence-corrected chi connectivity index (χ4v) is 1.55. The number of carbonyl (C=O) groups excluding carboxylic acids is 1. The molecule has 1 aromatic rings. The van der Waals surface area contributed by atoms with Crippen LogP contribution in [0.2, 0.25) is 5.02 Å². The molecule has 3 nitrogen and oxygen atoms in total. The van der Waals surface area contributed by atoms with Gasteiger partial charge in [0.05, 0.1) is 10.7 Å². The fourth-order valence-electron chi connectivity index (χ4n) is 1.37. The predicted octanol–water partition coefficient (Wildman–Crippen LogP) is 2.91. The molecule has 0 aromatic heterocycles. The van der Waals surface area contributed by atoms with Gasteiger partial charge in [0.25, 0.3) is 0 Å². The molecular weight excluding hydrogens is 236 g/mol. The van der Waals surface area contributed by atoms with Gasteiger partial charge in [0.2, 0.25) is 5.91 Å². The first-order valence-corrected chi connectivity index (χ1v) is 6.22. The summed E-state index contributed by atoms with van der Waals surface area (Å²) in [6.45, 7) is 5.89. The Labute approximate surface area is 108 Å². The number of anilines is 1. The van der Waals surface area contributed by atoms with Crippen molar-refractivity contribution in [1.29, 1.82) is 0 Å². The molecule has 4 heteroatoms. The average molecular weight is 255 g/mol. The molecule has 1 aromatic carbocycles. The summed E-state index contributed by atoms with van der Waals surface area (Å²) in [6.07, 6.45) is 0.456. The van der Waals surface area contributed by atoms with Crippen molar-refractivity contribution in [3.8, 4) is 0 Å². The van der Waals surface area contributed by atoms with Crippen LogP contribution in [0.4, 0.5) is 5.69 Å². The highest BCUT2D eigenvalue weighted by molar-refractivity contribution is 6.33. The van der Waals surface area contributed by atoms with Crippen LogP contribution in [0.5, 0.6) is 0 Å². The van der Waals surface area contributed by atoms with Gasteiger partial charge in [-0.1, -0.05) is 37.6 Å². The van der Waals surface area contributed by atoms with Crippen LogP contribution in [-0.4, -0.2) is 19.0 Å². The van der Waals surface area contributed by atoms with Crippen LogP contribution in [0, 0.1) is 5.92 Å². The molecule has 0 heterocycles. The van der Waals surface area contributed by atoms with Gasteiger partial charge >= 0.3 is 0 Å². The van der Waals surface area contributed by atoms with Crippen LogP contribution in [0.3, 0.4) is 0 Å². The molecule has 0 fully saturated rings. The van der Waals surface area contributed by atoms with E-state index in [2.05, 4.69) is 24.5 Å². The van der Waals surface area contributed by atoms with E-state index in [1.165, 1.54) is 0 Å². The van der Waals surface area contributed by atoms with Crippen LogP contribution in [-0.2, 0) is 4.79 Å². The number of hydrogen-bond donors (Lipinski definition) is 2. The SMILES string of the molecule is CC(C)CNCCC(=O)Nc1ccccc1Cl. The van der Waals surface area contributed by atoms with E-state index in [0.717, 1.165) is 6.54 Å². The predicted molar refractivity (Wildman–Crippen MR) is 72.4 cm³/mol. The third-order valence-electron chi connectivity index (χ3n) is 2.23. The summed E-state index contributed by atoms with van der Waals surface area (Å²) in [4.78, 5) is 11.6. The van der Waals surface area contributed by atoms with Gasteiger partial charge in [-0.2, -0.15) is 0 Å². The molecule has 94 valence electrons. The van der Waals surface area contributed by atoms with Crippen molar-refractivity contribution in [3.63, 3.8) is 0 Å². The monoisotopic (exact) mass is 254 g/mol. The Balaban J connectivity index is 2.28. The van der Waals surface area contributed by atoms with Gasteiger partial charge in [-0.25, -0.2) is 0 Å². The number of carbonyl (C=O) groups is 1. The number of halogens is 1.